The summed E-state index contributed by atoms with van der Waals surface area (Å²) >= 11 is 11.9. The van der Waals surface area contributed by atoms with Crippen LogP contribution < -0.4 is 5.01 Å². The molecule has 1 aliphatic rings. The summed E-state index contributed by atoms with van der Waals surface area (Å²) in [7, 11) is 0. The zero-order valence-electron chi connectivity index (χ0n) is 15.6. The van der Waals surface area contributed by atoms with Crippen LogP contribution >= 0.6 is 23.2 Å². The minimum absolute atomic E-state index is 0.0258. The highest BCUT2D eigenvalue weighted by Gasteiger charge is 2.29. The molecular formula is C22H14Cl2N2O4. The maximum absolute atomic E-state index is 12.9. The Balaban J connectivity index is 1.66. The van der Waals surface area contributed by atoms with E-state index in [2.05, 4.69) is 5.10 Å². The number of hydrogen-bond acceptors (Lipinski definition) is 4. The number of carboxylic acid groups (broad SMARTS) is 1. The Hall–Kier alpha value is -3.35. The van der Waals surface area contributed by atoms with E-state index in [1.165, 1.54) is 11.1 Å². The van der Waals surface area contributed by atoms with E-state index in [-0.39, 0.29) is 11.5 Å². The summed E-state index contributed by atoms with van der Waals surface area (Å²) in [6.07, 6.45) is 1.57. The fourth-order valence-corrected chi connectivity index (χ4v) is 3.45. The fraction of sp³-hybridized carbons (Fsp3) is 0.0455. The van der Waals surface area contributed by atoms with Crippen LogP contribution in [0.1, 0.15) is 23.0 Å². The number of carboxylic acids is 1. The van der Waals surface area contributed by atoms with Crippen LogP contribution in [0.4, 0.5) is 5.69 Å². The Morgan fingerprint density at radius 3 is 2.60 bits per heavy atom. The van der Waals surface area contributed by atoms with Crippen molar-refractivity contribution >= 4 is 52.6 Å². The van der Waals surface area contributed by atoms with Crippen molar-refractivity contribution in [2.75, 3.05) is 5.01 Å². The van der Waals surface area contributed by atoms with Crippen molar-refractivity contribution in [1.29, 1.82) is 0 Å². The van der Waals surface area contributed by atoms with Crippen molar-refractivity contribution in [1.82, 2.24) is 0 Å². The van der Waals surface area contributed by atoms with Gasteiger partial charge in [0.1, 0.15) is 11.5 Å². The van der Waals surface area contributed by atoms with Crippen molar-refractivity contribution in [3.05, 3.63) is 81.5 Å². The zero-order valence-corrected chi connectivity index (χ0v) is 17.1. The molecule has 0 saturated carbocycles. The number of rotatable bonds is 4. The molecular weight excluding hydrogens is 427 g/mol. The molecule has 0 unspecified atom stereocenters. The minimum Gasteiger partial charge on any atom is -0.478 e. The summed E-state index contributed by atoms with van der Waals surface area (Å²) in [6.45, 7) is 1.72. The van der Waals surface area contributed by atoms with Crippen molar-refractivity contribution in [2.45, 2.75) is 6.92 Å². The number of hydrazone groups is 1. The monoisotopic (exact) mass is 440 g/mol. The summed E-state index contributed by atoms with van der Waals surface area (Å²) in [5.41, 5.74) is 1.86. The van der Waals surface area contributed by atoms with Crippen LogP contribution in [0.15, 0.2) is 69.7 Å². The number of amides is 1. The molecule has 1 amide bonds. The lowest BCUT2D eigenvalue weighted by atomic mass is 10.1. The quantitative estimate of drug-likeness (QED) is 0.522. The molecule has 0 aliphatic carbocycles. The SMILES string of the molecule is CC1=NN(c2cccc(Cl)c2)C(=O)/C1=C/c1ccc(-c2ccc(Cl)cc2C(=O)O)o1. The van der Waals surface area contributed by atoms with Gasteiger partial charge in [0.15, 0.2) is 0 Å². The molecule has 1 aliphatic heterocycles. The molecule has 30 heavy (non-hydrogen) atoms. The molecule has 1 aromatic heterocycles. The summed E-state index contributed by atoms with van der Waals surface area (Å²) < 4.78 is 5.79. The predicted octanol–water partition coefficient (Wildman–Crippen LogP) is 5.76. The molecule has 0 fully saturated rings. The van der Waals surface area contributed by atoms with Crippen LogP contribution in [0.25, 0.3) is 17.4 Å². The van der Waals surface area contributed by atoms with Crippen molar-refractivity contribution in [3.63, 3.8) is 0 Å². The number of benzene rings is 2. The van der Waals surface area contributed by atoms with Gasteiger partial charge in [0.05, 0.1) is 22.5 Å². The second-order valence-corrected chi connectivity index (χ2v) is 7.41. The molecule has 150 valence electrons. The van der Waals surface area contributed by atoms with E-state index in [9.17, 15) is 14.7 Å². The topological polar surface area (TPSA) is 83.1 Å². The normalized spacial score (nSPS) is 15.0. The van der Waals surface area contributed by atoms with Gasteiger partial charge in [-0.15, -0.1) is 0 Å². The molecule has 0 spiro atoms. The molecule has 0 bridgehead atoms. The molecule has 0 radical (unpaired) electrons. The van der Waals surface area contributed by atoms with Crippen LogP contribution in [0.3, 0.4) is 0 Å². The number of nitrogens with zero attached hydrogens (tertiary/aromatic N) is 2. The predicted molar refractivity (Wildman–Crippen MR) is 116 cm³/mol. The van der Waals surface area contributed by atoms with Gasteiger partial charge >= 0.3 is 5.97 Å². The molecule has 4 rings (SSSR count). The van der Waals surface area contributed by atoms with Gasteiger partial charge in [-0.3, -0.25) is 4.79 Å². The zero-order chi connectivity index (χ0) is 21.4. The van der Waals surface area contributed by atoms with E-state index in [0.717, 1.165) is 0 Å². The number of hydrogen-bond donors (Lipinski definition) is 1. The minimum atomic E-state index is -1.12. The van der Waals surface area contributed by atoms with E-state index in [1.807, 2.05) is 0 Å². The van der Waals surface area contributed by atoms with Crippen LogP contribution in [0.5, 0.6) is 0 Å². The first-order chi connectivity index (χ1) is 14.3. The van der Waals surface area contributed by atoms with Crippen molar-refractivity contribution in [2.24, 2.45) is 5.10 Å². The largest absolute Gasteiger partial charge is 0.478 e. The first-order valence-electron chi connectivity index (χ1n) is 8.84. The van der Waals surface area contributed by atoms with Gasteiger partial charge in [0.2, 0.25) is 0 Å². The van der Waals surface area contributed by atoms with Gasteiger partial charge in [-0.2, -0.15) is 10.1 Å². The molecule has 3 aromatic rings. The third-order valence-electron chi connectivity index (χ3n) is 4.51. The van der Waals surface area contributed by atoms with Gasteiger partial charge in [0.25, 0.3) is 5.91 Å². The molecule has 8 heteroatoms. The highest BCUT2D eigenvalue weighted by atomic mass is 35.5. The Bertz CT molecular complexity index is 1240. The highest BCUT2D eigenvalue weighted by Crippen LogP contribution is 2.31. The Kier molecular flexibility index (Phi) is 5.20. The van der Waals surface area contributed by atoms with E-state index in [4.69, 9.17) is 27.6 Å². The first-order valence-corrected chi connectivity index (χ1v) is 9.59. The Morgan fingerprint density at radius 2 is 1.87 bits per heavy atom. The van der Waals surface area contributed by atoms with Crippen LogP contribution in [0.2, 0.25) is 10.0 Å². The maximum atomic E-state index is 12.9. The molecule has 2 aromatic carbocycles. The fourth-order valence-electron chi connectivity index (χ4n) is 3.09. The summed E-state index contributed by atoms with van der Waals surface area (Å²) in [5.74, 6) is -0.690. The summed E-state index contributed by atoms with van der Waals surface area (Å²) in [6, 6.07) is 14.7. The lowest BCUT2D eigenvalue weighted by molar-refractivity contribution is -0.114. The van der Waals surface area contributed by atoms with E-state index in [1.54, 1.807) is 61.5 Å². The number of furan rings is 1. The Labute approximate surface area is 181 Å². The molecule has 0 saturated heterocycles. The lowest BCUT2D eigenvalue weighted by Gasteiger charge is -2.11. The Morgan fingerprint density at radius 1 is 1.10 bits per heavy atom. The average molecular weight is 441 g/mol. The van der Waals surface area contributed by atoms with Gasteiger partial charge in [-0.1, -0.05) is 29.3 Å². The van der Waals surface area contributed by atoms with Crippen molar-refractivity contribution < 1.29 is 19.1 Å². The van der Waals surface area contributed by atoms with E-state index < -0.39 is 5.97 Å². The lowest BCUT2D eigenvalue weighted by Crippen LogP contribution is -2.21. The first kappa shape index (κ1) is 19.9. The third kappa shape index (κ3) is 3.75. The number of carbonyl (C=O) groups is 2. The van der Waals surface area contributed by atoms with Gasteiger partial charge in [0, 0.05) is 15.6 Å². The average Bonchev–Trinajstić information content (AvgIpc) is 3.28. The molecule has 2 heterocycles. The summed E-state index contributed by atoms with van der Waals surface area (Å²) in [4.78, 5) is 24.4. The second-order valence-electron chi connectivity index (χ2n) is 6.54. The van der Waals surface area contributed by atoms with Gasteiger partial charge < -0.3 is 9.52 Å². The molecule has 1 N–H and O–H groups in total. The smallest absolute Gasteiger partial charge is 0.336 e. The number of anilines is 1. The van der Waals surface area contributed by atoms with Gasteiger partial charge in [-0.05, 0) is 61.5 Å². The molecule has 6 nitrogen and oxygen atoms in total. The number of aromatic carboxylic acids is 1. The number of carbonyl (C=O) groups excluding carboxylic acids is 1. The number of halogens is 2. The van der Waals surface area contributed by atoms with E-state index >= 15 is 0 Å². The summed E-state index contributed by atoms with van der Waals surface area (Å²) in [5, 5.41) is 15.8. The van der Waals surface area contributed by atoms with Crippen molar-refractivity contribution in [3.8, 4) is 11.3 Å². The van der Waals surface area contributed by atoms with Crippen LogP contribution in [-0.2, 0) is 4.79 Å². The standard InChI is InChI=1S/C22H14Cl2N2O4/c1-12-18(21(27)26(25-12)15-4-2-3-13(23)9-15)11-16-6-8-20(30-16)17-7-5-14(24)10-19(17)22(28)29/h2-11H,1H3,(H,28,29)/b18-11+. The highest BCUT2D eigenvalue weighted by molar-refractivity contribution is 6.33. The van der Waals surface area contributed by atoms with E-state index in [0.29, 0.717) is 44.1 Å². The second kappa shape index (κ2) is 7.82. The van der Waals surface area contributed by atoms with Gasteiger partial charge in [-0.25, -0.2) is 4.79 Å². The van der Waals surface area contributed by atoms with Crippen LogP contribution in [0, 0.1) is 0 Å². The van der Waals surface area contributed by atoms with Crippen LogP contribution in [-0.4, -0.2) is 22.7 Å². The maximum Gasteiger partial charge on any atom is 0.336 e. The third-order valence-corrected chi connectivity index (χ3v) is 4.98. The molecule has 0 atom stereocenters.